The fourth-order valence-electron chi connectivity index (χ4n) is 3.36. The summed E-state index contributed by atoms with van der Waals surface area (Å²) in [5.74, 6) is 0.779. The summed E-state index contributed by atoms with van der Waals surface area (Å²) < 4.78 is 40.7. The van der Waals surface area contributed by atoms with E-state index in [9.17, 15) is 8.42 Å². The van der Waals surface area contributed by atoms with Gasteiger partial charge in [-0.3, -0.25) is 4.68 Å². The molecule has 1 aromatic carbocycles. The van der Waals surface area contributed by atoms with Crippen molar-refractivity contribution in [2.24, 2.45) is 7.05 Å². The lowest BCUT2D eigenvalue weighted by molar-refractivity contribution is -0.00259. The highest BCUT2D eigenvalue weighted by molar-refractivity contribution is 7.89. The third-order valence-electron chi connectivity index (χ3n) is 4.63. The van der Waals surface area contributed by atoms with E-state index in [1.54, 1.807) is 29.1 Å². The van der Waals surface area contributed by atoms with Crippen LogP contribution in [0.3, 0.4) is 0 Å². The Morgan fingerprint density at radius 2 is 2.16 bits per heavy atom. The van der Waals surface area contributed by atoms with Crippen LogP contribution in [-0.4, -0.2) is 48.3 Å². The Hall–Kier alpha value is -1.90. The molecule has 2 aliphatic heterocycles. The van der Waals surface area contributed by atoms with Crippen LogP contribution in [0.1, 0.15) is 24.2 Å². The molecule has 2 aliphatic rings. The largest absolute Gasteiger partial charge is 0.490 e. The van der Waals surface area contributed by atoms with Crippen LogP contribution in [0.15, 0.2) is 35.5 Å². The fourth-order valence-corrected chi connectivity index (χ4v) is 4.84. The maximum absolute atomic E-state index is 13.1. The lowest BCUT2D eigenvalue weighted by Crippen LogP contribution is -2.42. The quantitative estimate of drug-likeness (QED) is 0.826. The van der Waals surface area contributed by atoms with Gasteiger partial charge in [-0.25, -0.2) is 8.42 Å². The first-order chi connectivity index (χ1) is 11.9. The number of ether oxygens (including phenoxy) is 2. The van der Waals surface area contributed by atoms with Crippen molar-refractivity contribution in [3.05, 3.63) is 41.7 Å². The van der Waals surface area contributed by atoms with Crippen LogP contribution in [-0.2, 0) is 28.2 Å². The first-order valence-corrected chi connectivity index (χ1v) is 9.77. The van der Waals surface area contributed by atoms with E-state index in [4.69, 9.17) is 9.47 Å². The molecule has 2 aromatic rings. The number of aromatic nitrogens is 2. The van der Waals surface area contributed by atoms with E-state index >= 15 is 0 Å². The molecule has 0 amide bonds. The Labute approximate surface area is 147 Å². The van der Waals surface area contributed by atoms with Crippen molar-refractivity contribution in [1.29, 1.82) is 0 Å². The molecule has 4 rings (SSSR count). The summed E-state index contributed by atoms with van der Waals surface area (Å²) in [6.07, 6.45) is 4.10. The maximum atomic E-state index is 13.1. The molecule has 1 aromatic heterocycles. The van der Waals surface area contributed by atoms with E-state index in [1.807, 2.05) is 20.2 Å². The molecule has 7 nitrogen and oxygen atoms in total. The van der Waals surface area contributed by atoms with Crippen LogP contribution >= 0.6 is 0 Å². The minimum Gasteiger partial charge on any atom is -0.490 e. The number of hydrogen-bond donors (Lipinski definition) is 0. The molecular weight excluding hydrogens is 342 g/mol. The second kappa shape index (κ2) is 6.12. The van der Waals surface area contributed by atoms with Gasteiger partial charge in [0.15, 0.2) is 0 Å². The van der Waals surface area contributed by atoms with Crippen molar-refractivity contribution in [3.63, 3.8) is 0 Å². The monoisotopic (exact) mass is 363 g/mol. The van der Waals surface area contributed by atoms with Crippen molar-refractivity contribution in [1.82, 2.24) is 14.1 Å². The number of benzene rings is 1. The van der Waals surface area contributed by atoms with E-state index in [0.29, 0.717) is 18.0 Å². The third kappa shape index (κ3) is 3.05. The Morgan fingerprint density at radius 1 is 1.32 bits per heavy atom. The van der Waals surface area contributed by atoms with Gasteiger partial charge >= 0.3 is 0 Å². The Morgan fingerprint density at radius 3 is 2.92 bits per heavy atom. The van der Waals surface area contributed by atoms with Gasteiger partial charge in [0.05, 0.1) is 23.8 Å². The summed E-state index contributed by atoms with van der Waals surface area (Å²) >= 11 is 0. The SMILES string of the molecule is CC1Cc2cc(S(=O)(=O)N3CCOC(c4cnn(C)c4)C3)ccc2O1. The highest BCUT2D eigenvalue weighted by Gasteiger charge is 2.33. The summed E-state index contributed by atoms with van der Waals surface area (Å²) in [5, 5.41) is 4.14. The Bertz CT molecular complexity index is 893. The standard InChI is InChI=1S/C17H21N3O4S/c1-12-7-13-8-15(3-4-16(13)24-12)25(21,22)20-5-6-23-17(11-20)14-9-18-19(2)10-14/h3-4,8-10,12,17H,5-7,11H2,1-2H3. The number of morpholine rings is 1. The molecule has 0 aliphatic carbocycles. The second-order valence-electron chi connectivity index (χ2n) is 6.57. The number of hydrogen-bond acceptors (Lipinski definition) is 5. The summed E-state index contributed by atoms with van der Waals surface area (Å²) in [6, 6.07) is 5.12. The van der Waals surface area contributed by atoms with Crippen LogP contribution in [0.5, 0.6) is 5.75 Å². The second-order valence-corrected chi connectivity index (χ2v) is 8.51. The molecule has 2 unspecified atom stereocenters. The first-order valence-electron chi connectivity index (χ1n) is 8.33. The van der Waals surface area contributed by atoms with Crippen LogP contribution in [0.25, 0.3) is 0 Å². The van der Waals surface area contributed by atoms with Gasteiger partial charge in [-0.05, 0) is 30.7 Å². The number of aryl methyl sites for hydroxylation is 1. The van der Waals surface area contributed by atoms with Crippen molar-refractivity contribution in [2.75, 3.05) is 19.7 Å². The van der Waals surface area contributed by atoms with Gasteiger partial charge in [0.2, 0.25) is 10.0 Å². The van der Waals surface area contributed by atoms with Crippen LogP contribution in [0.4, 0.5) is 0 Å². The van der Waals surface area contributed by atoms with Gasteiger partial charge in [0.25, 0.3) is 0 Å². The van der Waals surface area contributed by atoms with Gasteiger partial charge in [-0.2, -0.15) is 9.40 Å². The molecule has 1 fully saturated rings. The summed E-state index contributed by atoms with van der Waals surface area (Å²) in [4.78, 5) is 0.316. The number of sulfonamides is 1. The summed E-state index contributed by atoms with van der Waals surface area (Å²) in [6.45, 7) is 2.99. The molecule has 134 valence electrons. The van der Waals surface area contributed by atoms with Crippen molar-refractivity contribution < 1.29 is 17.9 Å². The number of nitrogens with zero attached hydrogens (tertiary/aromatic N) is 3. The fraction of sp³-hybridized carbons (Fsp3) is 0.471. The van der Waals surface area contributed by atoms with Crippen LogP contribution in [0, 0.1) is 0 Å². The highest BCUT2D eigenvalue weighted by Crippen LogP contribution is 2.32. The maximum Gasteiger partial charge on any atom is 0.243 e. The topological polar surface area (TPSA) is 73.7 Å². The van der Waals surface area contributed by atoms with Gasteiger partial charge in [-0.1, -0.05) is 0 Å². The minimum absolute atomic E-state index is 0.0892. The Kier molecular flexibility index (Phi) is 4.05. The highest BCUT2D eigenvalue weighted by atomic mass is 32.2. The van der Waals surface area contributed by atoms with E-state index < -0.39 is 10.0 Å². The first kappa shape index (κ1) is 16.6. The Balaban J connectivity index is 1.59. The molecule has 3 heterocycles. The van der Waals surface area contributed by atoms with Gasteiger partial charge in [-0.15, -0.1) is 0 Å². The van der Waals surface area contributed by atoms with Gasteiger partial charge in [0, 0.05) is 38.3 Å². The van der Waals surface area contributed by atoms with Crippen LogP contribution < -0.4 is 4.74 Å². The zero-order valence-corrected chi connectivity index (χ0v) is 15.1. The normalized spacial score (nSPS) is 24.1. The lowest BCUT2D eigenvalue weighted by Gasteiger charge is -2.31. The zero-order valence-electron chi connectivity index (χ0n) is 14.3. The van der Waals surface area contributed by atoms with Crippen molar-refractivity contribution in [3.8, 4) is 5.75 Å². The molecule has 0 saturated carbocycles. The number of rotatable bonds is 3. The molecule has 0 N–H and O–H groups in total. The minimum atomic E-state index is -3.56. The van der Waals surface area contributed by atoms with Gasteiger partial charge in [0.1, 0.15) is 11.9 Å². The number of fused-ring (bicyclic) bond motifs is 1. The van der Waals surface area contributed by atoms with E-state index in [1.165, 1.54) is 4.31 Å². The van der Waals surface area contributed by atoms with Gasteiger partial charge < -0.3 is 9.47 Å². The van der Waals surface area contributed by atoms with Crippen molar-refractivity contribution >= 4 is 10.0 Å². The molecule has 2 atom stereocenters. The molecule has 0 radical (unpaired) electrons. The average molecular weight is 363 g/mol. The smallest absolute Gasteiger partial charge is 0.243 e. The molecule has 25 heavy (non-hydrogen) atoms. The average Bonchev–Trinajstić information content (AvgIpc) is 3.18. The third-order valence-corrected chi connectivity index (χ3v) is 6.49. The van der Waals surface area contributed by atoms with Crippen molar-refractivity contribution in [2.45, 2.75) is 30.4 Å². The van der Waals surface area contributed by atoms with E-state index in [-0.39, 0.29) is 18.8 Å². The molecule has 0 bridgehead atoms. The predicted octanol–water partition coefficient (Wildman–Crippen LogP) is 1.51. The lowest BCUT2D eigenvalue weighted by atomic mass is 10.1. The zero-order chi connectivity index (χ0) is 17.6. The van der Waals surface area contributed by atoms with E-state index in [0.717, 1.165) is 23.3 Å². The van der Waals surface area contributed by atoms with E-state index in [2.05, 4.69) is 5.10 Å². The van der Waals surface area contributed by atoms with Crippen LogP contribution in [0.2, 0.25) is 0 Å². The molecule has 0 spiro atoms. The summed E-state index contributed by atoms with van der Waals surface area (Å²) in [5.41, 5.74) is 1.84. The summed E-state index contributed by atoms with van der Waals surface area (Å²) in [7, 11) is -1.74. The molecule has 1 saturated heterocycles. The molecule has 8 heteroatoms. The molecular formula is C17H21N3O4S. The predicted molar refractivity (Wildman–Crippen MR) is 90.9 cm³/mol.